The number of guanidine groups is 1. The van der Waals surface area contributed by atoms with Gasteiger partial charge >= 0.3 is 0 Å². The van der Waals surface area contributed by atoms with Crippen LogP contribution in [-0.4, -0.2) is 120 Å². The van der Waals surface area contributed by atoms with Crippen LogP contribution >= 0.6 is 21.6 Å². The summed E-state index contributed by atoms with van der Waals surface area (Å²) in [5, 5.41) is 79.6. The lowest BCUT2D eigenvalue weighted by atomic mass is 9.40. The number of imidazole rings is 1. The number of nitrogens with zero attached hydrogens (tertiary/aromatic N) is 3. The first-order valence-corrected chi connectivity index (χ1v) is 31.5. The lowest BCUT2D eigenvalue weighted by Gasteiger charge is -2.65. The van der Waals surface area contributed by atoms with E-state index in [1.165, 1.54) is 50.5 Å². The van der Waals surface area contributed by atoms with Crippen molar-refractivity contribution in [2.75, 3.05) is 32.5 Å². The maximum atomic E-state index is 15.4. The first-order valence-electron chi connectivity index (χ1n) is 29.1. The number of aliphatic hydroxyl groups excluding tert-OH is 5. The Morgan fingerprint density at radius 3 is 2.46 bits per heavy atom. The molecule has 0 aromatic carbocycles. The van der Waals surface area contributed by atoms with Gasteiger partial charge in [-0.25, -0.2) is 4.98 Å². The summed E-state index contributed by atoms with van der Waals surface area (Å²) < 4.78 is 2.31. The summed E-state index contributed by atoms with van der Waals surface area (Å²) in [4.78, 5) is 24.9. The Labute approximate surface area is 448 Å². The zero-order chi connectivity index (χ0) is 52.3. The molecule has 1 spiro atoms. The van der Waals surface area contributed by atoms with Crippen LogP contribution in [0.3, 0.4) is 0 Å². The van der Waals surface area contributed by atoms with Crippen molar-refractivity contribution in [2.24, 2.45) is 91.6 Å². The molecule has 19 atom stereocenters. The van der Waals surface area contributed by atoms with Crippen LogP contribution in [-0.2, 0) is 4.79 Å². The molecule has 1 saturated heterocycles. The number of fused-ring (bicyclic) bond motifs is 14. The molecule has 7 fully saturated rings. The van der Waals surface area contributed by atoms with Crippen molar-refractivity contribution >= 4 is 33.3 Å². The van der Waals surface area contributed by atoms with Crippen LogP contribution in [0, 0.1) is 80.8 Å². The summed E-state index contributed by atoms with van der Waals surface area (Å²) in [5.74, 6) is -0.905. The molecule has 9 aliphatic carbocycles. The third-order valence-electron chi connectivity index (χ3n) is 22.5. The number of hydrogen-bond donors (Lipinski definition) is 9. The molecular formula is C59H90N6O7S2. The average Bonchev–Trinajstić information content (AvgIpc) is 4.12. The second kappa shape index (κ2) is 20.2. The van der Waals surface area contributed by atoms with Crippen LogP contribution in [0.25, 0.3) is 0 Å². The average molecular weight is 1060 g/mol. The lowest BCUT2D eigenvalue weighted by Crippen LogP contribution is -2.68. The fourth-order valence-corrected chi connectivity index (χ4v) is 23.6. The van der Waals surface area contributed by atoms with E-state index in [0.29, 0.717) is 49.5 Å². The molecule has 2 heterocycles. The Morgan fingerprint density at radius 1 is 0.986 bits per heavy atom. The first kappa shape index (κ1) is 53.8. The number of aromatic nitrogens is 2. The molecular weight excluding hydrogens is 969 g/mol. The number of nitrogens with two attached hydrogens (primary N) is 1. The molecule has 1 aliphatic heterocycles. The smallest absolute Gasteiger partial charge is 0.190 e. The van der Waals surface area contributed by atoms with Crippen LogP contribution < -0.4 is 16.4 Å². The van der Waals surface area contributed by atoms with E-state index >= 15 is 4.79 Å². The molecule has 4 bridgehead atoms. The highest BCUT2D eigenvalue weighted by atomic mass is 33.1. The van der Waals surface area contributed by atoms with E-state index < -0.39 is 58.7 Å². The van der Waals surface area contributed by atoms with Gasteiger partial charge in [0.25, 0.3) is 0 Å². The summed E-state index contributed by atoms with van der Waals surface area (Å²) in [6.45, 7) is 11.6. The Morgan fingerprint density at radius 2 is 1.74 bits per heavy atom. The zero-order valence-electron chi connectivity index (χ0n) is 45.2. The van der Waals surface area contributed by atoms with Gasteiger partial charge in [-0.05, 0) is 168 Å². The maximum Gasteiger partial charge on any atom is 0.190 e. The van der Waals surface area contributed by atoms with Crippen LogP contribution in [0.4, 0.5) is 0 Å². The number of allylic oxidation sites excluding steroid dienone is 3. The van der Waals surface area contributed by atoms with E-state index in [1.54, 1.807) is 29.7 Å². The summed E-state index contributed by atoms with van der Waals surface area (Å²) >= 11 is 0. The predicted molar refractivity (Wildman–Crippen MR) is 293 cm³/mol. The maximum absolute atomic E-state index is 15.4. The normalized spacial score (nSPS) is 45.0. The number of aliphatic imine (C=N–C) groups is 1. The van der Waals surface area contributed by atoms with E-state index in [0.717, 1.165) is 43.4 Å². The standard InChI is InChI=1S/C59H90N6O7S2/c1-32(67)64-54(60)63-28-34-25-57(5)40-23-41(59(57,72)42-24-43(68)50-39(29-61-6)52(70)44(69)27-56(50,4)48(34)42)45(15-11-21-66)74-73-30-35(65-20-19-62-31-65)26-55(2,3)51-37-14-10-18-58(16-7-8-17-58)49(37)36-13-9-12-33-22-38(40)53(71)47(51)46(33)36/h19-20,24,31-35,38-41,44-45,47-50,52-53,61,66-67,69-72H,7-18,21-23,25-30H2,1-6H3,(H3,60,63,64)/t32-,33-,34+,35+,38+,39-,40-,41-,44+,45+,47-,48+,49-,50+,52-,53+,56-,57-,59-/m1/s1. The Bertz CT molecular complexity index is 2400. The monoisotopic (exact) mass is 1060 g/mol. The van der Waals surface area contributed by atoms with Gasteiger partial charge < -0.3 is 51.6 Å². The van der Waals surface area contributed by atoms with Crippen LogP contribution in [0.5, 0.6) is 0 Å². The molecule has 0 unspecified atom stereocenters. The number of hydrogen-bond acceptors (Lipinski definition) is 12. The molecule has 13 nitrogen and oxygen atoms in total. The SMILES string of the molecule is CNC[C@H]1[C@@H](O)[C@@H](O)C[C@]2(C)[C@@H]3C(=CC(=O)[C@H]12)[C@]1(O)[C@@H]2C[C@H]([C@@H]4C[C@H]5CCCC6=C5[C@H](C(=C5CCCC7(CCCC7)[C@H]65)C(C)(C)C[C@H](n5ccnc5)CSS[C@H]2CCCO)[C@H]4O)[C@@]1(C)C[C@H]3CN=C(N)N[C@@H](C)O. The van der Waals surface area contributed by atoms with Crippen molar-refractivity contribution in [1.82, 2.24) is 20.2 Å². The highest BCUT2D eigenvalue weighted by Gasteiger charge is 2.75. The van der Waals surface area contributed by atoms with E-state index in [-0.39, 0.29) is 77.6 Å². The molecule has 6 saturated carbocycles. The molecule has 10 N–H and O–H groups in total. The van der Waals surface area contributed by atoms with Gasteiger partial charge in [-0.1, -0.05) is 84.4 Å². The highest BCUT2D eigenvalue weighted by Crippen LogP contribution is 2.75. The van der Waals surface area contributed by atoms with Gasteiger partial charge in [-0.15, -0.1) is 0 Å². The summed E-state index contributed by atoms with van der Waals surface area (Å²) in [6.07, 6.45) is 20.6. The molecule has 74 heavy (non-hydrogen) atoms. The summed E-state index contributed by atoms with van der Waals surface area (Å²) in [6, 6.07) is 0.117. The van der Waals surface area contributed by atoms with Crippen molar-refractivity contribution in [3.63, 3.8) is 0 Å². The number of aliphatic hydroxyl groups is 6. The van der Waals surface area contributed by atoms with Crippen molar-refractivity contribution in [1.29, 1.82) is 0 Å². The van der Waals surface area contributed by atoms with Gasteiger partial charge in [-0.2, -0.15) is 0 Å². The highest BCUT2D eigenvalue weighted by molar-refractivity contribution is 8.76. The van der Waals surface area contributed by atoms with E-state index in [2.05, 4.69) is 54.1 Å². The molecule has 1 aromatic heterocycles. The number of carbonyl (C=O) groups excluding carboxylic acids is 1. The third kappa shape index (κ3) is 8.36. The van der Waals surface area contributed by atoms with Gasteiger partial charge in [0.1, 0.15) is 6.23 Å². The summed E-state index contributed by atoms with van der Waals surface area (Å²) in [7, 11) is 5.53. The Hall–Kier alpha value is -2.21. The molecule has 10 aliphatic rings. The largest absolute Gasteiger partial charge is 0.396 e. The first-order chi connectivity index (χ1) is 35.3. The minimum Gasteiger partial charge on any atom is -0.396 e. The van der Waals surface area contributed by atoms with Crippen molar-refractivity contribution < 1.29 is 35.4 Å². The minimum atomic E-state index is -1.50. The molecule has 1 aromatic rings. The van der Waals surface area contributed by atoms with E-state index in [4.69, 9.17) is 10.7 Å². The van der Waals surface area contributed by atoms with Gasteiger partial charge in [0.2, 0.25) is 0 Å². The van der Waals surface area contributed by atoms with Crippen LogP contribution in [0.1, 0.15) is 150 Å². The number of nitrogens with one attached hydrogen (secondary N) is 2. The molecule has 0 radical (unpaired) electrons. The van der Waals surface area contributed by atoms with Gasteiger partial charge in [0.05, 0.1) is 30.2 Å². The van der Waals surface area contributed by atoms with E-state index in [9.17, 15) is 30.6 Å². The summed E-state index contributed by atoms with van der Waals surface area (Å²) in [5.41, 5.74) is 10.6. The molecule has 15 heteroatoms. The van der Waals surface area contributed by atoms with Gasteiger partial charge in [0.15, 0.2) is 11.7 Å². The number of rotatable bonds is 9. The van der Waals surface area contributed by atoms with Crippen molar-refractivity contribution in [3.05, 3.63) is 52.7 Å². The van der Waals surface area contributed by atoms with E-state index in [1.807, 2.05) is 41.2 Å². The second-order valence-electron chi connectivity index (χ2n) is 26.9. The molecule has 0 amide bonds. The number of carbonyl (C=O) groups is 1. The quantitative estimate of drug-likeness (QED) is 0.0386. The second-order valence-corrected chi connectivity index (χ2v) is 29.5. The lowest BCUT2D eigenvalue weighted by molar-refractivity contribution is -0.184. The number of ketones is 1. The van der Waals surface area contributed by atoms with Crippen molar-refractivity contribution in [2.45, 2.75) is 185 Å². The minimum absolute atomic E-state index is 0.0277. The Kier molecular flexibility index (Phi) is 14.6. The molecule has 11 rings (SSSR count). The van der Waals surface area contributed by atoms with Crippen LogP contribution in [0.2, 0.25) is 0 Å². The third-order valence-corrected chi connectivity index (χ3v) is 25.6. The molecule has 410 valence electrons. The Balaban J connectivity index is 1.12. The van der Waals surface area contributed by atoms with Crippen LogP contribution in [0.15, 0.2) is 57.7 Å². The van der Waals surface area contributed by atoms with Crippen molar-refractivity contribution in [3.8, 4) is 0 Å². The topological polar surface area (TPSA) is 219 Å². The fourth-order valence-electron chi connectivity index (χ4n) is 20.3. The predicted octanol–water partition coefficient (Wildman–Crippen LogP) is 7.49. The van der Waals surface area contributed by atoms with Gasteiger partial charge in [-0.3, -0.25) is 9.79 Å². The fraction of sp³-hybridized carbons (Fsp3) is 0.814. The van der Waals surface area contributed by atoms with Gasteiger partial charge in [0, 0.05) is 84.1 Å². The zero-order valence-corrected chi connectivity index (χ0v) is 46.9.